The Morgan fingerprint density at radius 3 is 2.21 bits per heavy atom. The zero-order chi connectivity index (χ0) is 20.5. The topological polar surface area (TPSA) is 61.4 Å². The molecule has 0 aliphatic carbocycles. The summed E-state index contributed by atoms with van der Waals surface area (Å²) in [5.74, 6) is 0.0512. The van der Waals surface area contributed by atoms with Gasteiger partial charge in [0.2, 0.25) is 5.91 Å². The van der Waals surface area contributed by atoms with Gasteiger partial charge >= 0.3 is 0 Å². The molecule has 1 saturated heterocycles. The number of rotatable bonds is 7. The second-order valence-electron chi connectivity index (χ2n) is 7.58. The Morgan fingerprint density at radius 1 is 0.931 bits per heavy atom. The zero-order valence-corrected chi connectivity index (χ0v) is 17.2. The molecule has 1 aliphatic heterocycles. The van der Waals surface area contributed by atoms with Crippen molar-refractivity contribution in [3.05, 3.63) is 65.7 Å². The number of nitrogens with one attached hydrogen (secondary N) is 2. The third kappa shape index (κ3) is 6.08. The maximum atomic E-state index is 12.7. The molecule has 1 fully saturated rings. The molecule has 2 amide bonds. The predicted molar refractivity (Wildman–Crippen MR) is 117 cm³/mol. The smallest absolute Gasteiger partial charge is 0.253 e. The van der Waals surface area contributed by atoms with E-state index in [1.807, 2.05) is 59.5 Å². The van der Waals surface area contributed by atoms with Crippen molar-refractivity contribution in [1.29, 1.82) is 0 Å². The highest BCUT2D eigenvalue weighted by Crippen LogP contribution is 2.17. The molecule has 2 aromatic carbocycles. The molecule has 5 nitrogen and oxygen atoms in total. The summed E-state index contributed by atoms with van der Waals surface area (Å²) in [6.07, 6.45) is 5.42. The van der Waals surface area contributed by atoms with Crippen LogP contribution in [0.3, 0.4) is 0 Å². The number of carbonyl (C=O) groups excluding carboxylic acids is 2. The summed E-state index contributed by atoms with van der Waals surface area (Å²) in [6, 6.07) is 17.4. The van der Waals surface area contributed by atoms with Crippen molar-refractivity contribution in [1.82, 2.24) is 10.2 Å². The maximum absolute atomic E-state index is 12.7. The summed E-state index contributed by atoms with van der Waals surface area (Å²) in [5.41, 5.74) is 2.65. The Kier molecular flexibility index (Phi) is 7.68. The van der Waals surface area contributed by atoms with Crippen LogP contribution in [0.2, 0.25) is 0 Å². The van der Waals surface area contributed by atoms with Crippen LogP contribution in [0.25, 0.3) is 0 Å². The van der Waals surface area contributed by atoms with E-state index in [0.717, 1.165) is 43.6 Å². The molecule has 2 N–H and O–H groups in total. The number of hydrogen-bond donors (Lipinski definition) is 2. The first-order valence-electron chi connectivity index (χ1n) is 10.6. The number of nitrogens with zero attached hydrogens (tertiary/aromatic N) is 1. The summed E-state index contributed by atoms with van der Waals surface area (Å²) in [5, 5.41) is 6.21. The van der Waals surface area contributed by atoms with Crippen LogP contribution in [-0.2, 0) is 4.79 Å². The molecule has 0 aromatic heterocycles. The molecule has 29 heavy (non-hydrogen) atoms. The lowest BCUT2D eigenvalue weighted by Gasteiger charge is -2.20. The molecule has 5 heteroatoms. The Hall–Kier alpha value is -2.82. The van der Waals surface area contributed by atoms with Crippen molar-refractivity contribution < 1.29 is 9.59 Å². The molecule has 2 aromatic rings. The minimum atomic E-state index is -0.0505. The van der Waals surface area contributed by atoms with Crippen LogP contribution in [0.4, 0.5) is 5.69 Å². The molecule has 0 saturated carbocycles. The number of benzene rings is 2. The minimum absolute atomic E-state index is 0.0131. The van der Waals surface area contributed by atoms with Gasteiger partial charge < -0.3 is 15.5 Å². The molecular formula is C24H31N3O2. The van der Waals surface area contributed by atoms with Gasteiger partial charge in [-0.2, -0.15) is 0 Å². The Morgan fingerprint density at radius 2 is 1.59 bits per heavy atom. The normalized spacial score (nSPS) is 15.3. The molecule has 0 bridgehead atoms. The van der Waals surface area contributed by atoms with E-state index in [9.17, 15) is 9.59 Å². The number of likely N-dealkylation sites (tertiary alicyclic amines) is 1. The van der Waals surface area contributed by atoms with Crippen molar-refractivity contribution in [2.45, 2.75) is 45.1 Å². The van der Waals surface area contributed by atoms with Crippen LogP contribution in [0.15, 0.2) is 54.6 Å². The van der Waals surface area contributed by atoms with Gasteiger partial charge in [0, 0.05) is 24.3 Å². The number of carbonyl (C=O) groups is 2. The van der Waals surface area contributed by atoms with Crippen molar-refractivity contribution in [2.24, 2.45) is 0 Å². The quantitative estimate of drug-likeness (QED) is 0.734. The highest BCUT2D eigenvalue weighted by Gasteiger charge is 2.17. The van der Waals surface area contributed by atoms with Crippen molar-refractivity contribution in [3.8, 4) is 0 Å². The first-order chi connectivity index (χ1) is 14.2. The average molecular weight is 394 g/mol. The SMILES string of the molecule is CCC(NC(=O)CNc1ccc(C(=O)N2CCCCCC2)cc1)c1ccccc1. The van der Waals surface area contributed by atoms with E-state index >= 15 is 0 Å². The fraction of sp³-hybridized carbons (Fsp3) is 0.417. The summed E-state index contributed by atoms with van der Waals surface area (Å²) in [6.45, 7) is 3.95. The van der Waals surface area contributed by atoms with Gasteiger partial charge in [0.15, 0.2) is 0 Å². The lowest BCUT2D eigenvalue weighted by atomic mass is 10.0. The van der Waals surface area contributed by atoms with E-state index in [0.29, 0.717) is 5.56 Å². The van der Waals surface area contributed by atoms with Gasteiger partial charge in [0.1, 0.15) is 0 Å². The van der Waals surface area contributed by atoms with Crippen molar-refractivity contribution >= 4 is 17.5 Å². The number of anilines is 1. The van der Waals surface area contributed by atoms with Gasteiger partial charge in [-0.25, -0.2) is 0 Å². The van der Waals surface area contributed by atoms with Crippen LogP contribution in [0.5, 0.6) is 0 Å². The highest BCUT2D eigenvalue weighted by molar-refractivity contribution is 5.94. The van der Waals surface area contributed by atoms with Gasteiger partial charge in [0.05, 0.1) is 12.6 Å². The second-order valence-corrected chi connectivity index (χ2v) is 7.58. The summed E-state index contributed by atoms with van der Waals surface area (Å²) >= 11 is 0. The van der Waals surface area contributed by atoms with Gasteiger partial charge in [-0.3, -0.25) is 9.59 Å². The van der Waals surface area contributed by atoms with E-state index in [1.165, 1.54) is 12.8 Å². The van der Waals surface area contributed by atoms with Crippen LogP contribution in [0, 0.1) is 0 Å². The molecule has 1 aliphatic rings. The second kappa shape index (κ2) is 10.6. The van der Waals surface area contributed by atoms with Crippen molar-refractivity contribution in [2.75, 3.05) is 25.0 Å². The third-order valence-corrected chi connectivity index (χ3v) is 5.42. The van der Waals surface area contributed by atoms with E-state index in [4.69, 9.17) is 0 Å². The first-order valence-corrected chi connectivity index (χ1v) is 10.6. The summed E-state index contributed by atoms with van der Waals surface area (Å²) in [4.78, 5) is 27.0. The lowest BCUT2D eigenvalue weighted by Crippen LogP contribution is -2.33. The summed E-state index contributed by atoms with van der Waals surface area (Å²) in [7, 11) is 0. The molecule has 1 atom stereocenters. The number of hydrogen-bond acceptors (Lipinski definition) is 3. The van der Waals surface area contributed by atoms with Crippen LogP contribution >= 0.6 is 0 Å². The molecule has 3 rings (SSSR count). The van der Waals surface area contributed by atoms with E-state index in [2.05, 4.69) is 17.6 Å². The average Bonchev–Trinajstić information content (AvgIpc) is 3.06. The first kappa shape index (κ1) is 20.9. The minimum Gasteiger partial charge on any atom is -0.376 e. The Balaban J connectivity index is 1.50. The molecule has 154 valence electrons. The molecule has 0 spiro atoms. The van der Waals surface area contributed by atoms with Crippen LogP contribution < -0.4 is 10.6 Å². The third-order valence-electron chi connectivity index (χ3n) is 5.42. The molecule has 1 unspecified atom stereocenters. The fourth-order valence-electron chi connectivity index (χ4n) is 3.72. The fourth-order valence-corrected chi connectivity index (χ4v) is 3.72. The largest absolute Gasteiger partial charge is 0.376 e. The van der Waals surface area contributed by atoms with Crippen LogP contribution in [-0.4, -0.2) is 36.3 Å². The zero-order valence-electron chi connectivity index (χ0n) is 17.2. The maximum Gasteiger partial charge on any atom is 0.253 e. The molecular weight excluding hydrogens is 362 g/mol. The lowest BCUT2D eigenvalue weighted by molar-refractivity contribution is -0.120. The van der Waals surface area contributed by atoms with E-state index in [-0.39, 0.29) is 24.4 Å². The molecule has 0 radical (unpaired) electrons. The predicted octanol–water partition coefficient (Wildman–Crippen LogP) is 4.38. The van der Waals surface area contributed by atoms with Crippen molar-refractivity contribution in [3.63, 3.8) is 0 Å². The number of amides is 2. The highest BCUT2D eigenvalue weighted by atomic mass is 16.2. The van der Waals surface area contributed by atoms with Gasteiger partial charge in [0.25, 0.3) is 5.91 Å². The van der Waals surface area contributed by atoms with Gasteiger partial charge in [-0.1, -0.05) is 50.1 Å². The van der Waals surface area contributed by atoms with E-state index < -0.39 is 0 Å². The van der Waals surface area contributed by atoms with E-state index in [1.54, 1.807) is 0 Å². The standard InChI is InChI=1S/C24H31N3O2/c1-2-22(19-10-6-5-7-11-19)26-23(28)18-25-21-14-12-20(13-15-21)24(29)27-16-8-3-4-9-17-27/h5-7,10-15,22,25H,2-4,8-9,16-18H2,1H3,(H,26,28). The monoisotopic (exact) mass is 393 g/mol. The Labute approximate surface area is 173 Å². The van der Waals surface area contributed by atoms with Gasteiger partial charge in [-0.15, -0.1) is 0 Å². The summed E-state index contributed by atoms with van der Waals surface area (Å²) < 4.78 is 0. The van der Waals surface area contributed by atoms with Gasteiger partial charge in [-0.05, 0) is 49.1 Å². The van der Waals surface area contributed by atoms with Crippen LogP contribution in [0.1, 0.15) is 61.0 Å². The Bertz CT molecular complexity index is 782. The molecule has 1 heterocycles.